The first-order valence-electron chi connectivity index (χ1n) is 4.14. The smallest absolute Gasteiger partial charge is 0.392 e. The highest BCUT2D eigenvalue weighted by atomic mass is 16.5. The van der Waals surface area contributed by atoms with E-state index >= 15 is 0 Å². The number of ether oxygens (including phenoxy) is 1. The highest BCUT2D eigenvalue weighted by molar-refractivity contribution is 5.68. The van der Waals surface area contributed by atoms with Crippen LogP contribution < -0.4 is 15.9 Å². The summed E-state index contributed by atoms with van der Waals surface area (Å²) in [6, 6.07) is 4.05. The lowest BCUT2D eigenvalue weighted by atomic mass is 10.1. The Morgan fingerprint density at radius 1 is 1.23 bits per heavy atom. The Hall–Kier alpha value is -1.51. The van der Waals surface area contributed by atoms with Crippen molar-refractivity contribution in [2.24, 2.45) is 5.73 Å². The molecular weight excluding hydrogens is 164 g/mol. The number of amidine groups is 1. The fourth-order valence-electron chi connectivity index (χ4n) is 1.45. The standard InChI is InChI=1S/C10H14N2O/c1-6-4-7(2)9(8(3)5-6)13-10(11)12/h4-5H,1-3H3,(H3,11,12)/p+1. The van der Waals surface area contributed by atoms with Gasteiger partial charge in [-0.1, -0.05) is 17.7 Å². The maximum absolute atomic E-state index is 5.27. The van der Waals surface area contributed by atoms with Gasteiger partial charge in [-0.15, -0.1) is 0 Å². The summed E-state index contributed by atoms with van der Waals surface area (Å²) >= 11 is 0. The minimum absolute atomic E-state index is 0.0185. The molecule has 4 N–H and O–H groups in total. The average molecular weight is 179 g/mol. The largest absolute Gasteiger partial charge is 0.443 e. The van der Waals surface area contributed by atoms with E-state index < -0.39 is 0 Å². The van der Waals surface area contributed by atoms with E-state index in [0.29, 0.717) is 0 Å². The van der Waals surface area contributed by atoms with E-state index in [1.54, 1.807) is 0 Å². The Bertz CT molecular complexity index is 322. The van der Waals surface area contributed by atoms with Crippen LogP contribution in [-0.2, 0) is 0 Å². The first-order valence-corrected chi connectivity index (χ1v) is 4.14. The van der Waals surface area contributed by atoms with Gasteiger partial charge in [-0.3, -0.25) is 11.1 Å². The van der Waals surface area contributed by atoms with E-state index in [-0.39, 0.29) is 6.02 Å². The van der Waals surface area contributed by atoms with Crippen LogP contribution in [0, 0.1) is 20.8 Å². The van der Waals surface area contributed by atoms with E-state index in [4.69, 9.17) is 15.9 Å². The molecule has 0 aliphatic rings. The number of rotatable bonds is 1. The SMILES string of the molecule is Cc1cc(C)c(OC(N)=[NH2+])c(C)c1. The molecular formula is C10H15N2O+. The first-order chi connectivity index (χ1) is 6.00. The van der Waals surface area contributed by atoms with Crippen LogP contribution >= 0.6 is 0 Å². The molecule has 3 heteroatoms. The van der Waals surface area contributed by atoms with Crippen molar-refractivity contribution in [3.8, 4) is 5.75 Å². The second kappa shape index (κ2) is 3.47. The van der Waals surface area contributed by atoms with E-state index in [1.807, 2.05) is 32.9 Å². The van der Waals surface area contributed by atoms with Gasteiger partial charge in [0, 0.05) is 0 Å². The lowest BCUT2D eigenvalue weighted by Crippen LogP contribution is -2.49. The molecule has 1 rings (SSSR count). The van der Waals surface area contributed by atoms with Crippen molar-refractivity contribution < 1.29 is 10.1 Å². The van der Waals surface area contributed by atoms with Crippen LogP contribution in [0.25, 0.3) is 0 Å². The van der Waals surface area contributed by atoms with Gasteiger partial charge in [-0.25, -0.2) is 0 Å². The zero-order chi connectivity index (χ0) is 10.0. The lowest BCUT2D eigenvalue weighted by molar-refractivity contribution is -0.133. The highest BCUT2D eigenvalue weighted by Gasteiger charge is 2.07. The molecule has 0 aromatic heterocycles. The summed E-state index contributed by atoms with van der Waals surface area (Å²) in [4.78, 5) is 0. The Kier molecular flexibility index (Phi) is 2.56. The molecule has 3 nitrogen and oxygen atoms in total. The molecule has 1 aromatic rings. The third kappa shape index (κ3) is 2.21. The molecule has 0 heterocycles. The molecule has 1 aromatic carbocycles. The van der Waals surface area contributed by atoms with Crippen LogP contribution in [0.2, 0.25) is 0 Å². The summed E-state index contributed by atoms with van der Waals surface area (Å²) in [6.45, 7) is 5.98. The Morgan fingerprint density at radius 3 is 2.08 bits per heavy atom. The van der Waals surface area contributed by atoms with Gasteiger partial charge in [0.1, 0.15) is 5.75 Å². The summed E-state index contributed by atoms with van der Waals surface area (Å²) in [5, 5.41) is 5.27. The highest BCUT2D eigenvalue weighted by Crippen LogP contribution is 2.23. The number of hydrogen-bond acceptors (Lipinski definition) is 1. The predicted octanol–water partition coefficient (Wildman–Crippen LogP) is 0.0645. The van der Waals surface area contributed by atoms with Crippen molar-refractivity contribution in [3.63, 3.8) is 0 Å². The van der Waals surface area contributed by atoms with Gasteiger partial charge < -0.3 is 4.74 Å². The maximum Gasteiger partial charge on any atom is 0.443 e. The third-order valence-electron chi connectivity index (χ3n) is 1.82. The molecule has 0 saturated carbocycles. The first kappa shape index (κ1) is 9.58. The quantitative estimate of drug-likeness (QED) is 0.473. The third-order valence-corrected chi connectivity index (χ3v) is 1.82. The van der Waals surface area contributed by atoms with Crippen molar-refractivity contribution in [3.05, 3.63) is 28.8 Å². The van der Waals surface area contributed by atoms with Gasteiger partial charge in [-0.2, -0.15) is 0 Å². The summed E-state index contributed by atoms with van der Waals surface area (Å²) in [7, 11) is 0. The molecule has 0 spiro atoms. The minimum Gasteiger partial charge on any atom is -0.392 e. The van der Waals surface area contributed by atoms with Crippen molar-refractivity contribution in [1.29, 1.82) is 0 Å². The van der Waals surface area contributed by atoms with Gasteiger partial charge in [-0.05, 0) is 31.9 Å². The number of aryl methyl sites for hydroxylation is 3. The van der Waals surface area contributed by atoms with Gasteiger partial charge >= 0.3 is 6.02 Å². The topological polar surface area (TPSA) is 60.8 Å². The number of nitrogens with two attached hydrogens (primary N) is 2. The van der Waals surface area contributed by atoms with Gasteiger partial charge in [0.15, 0.2) is 0 Å². The van der Waals surface area contributed by atoms with E-state index in [1.165, 1.54) is 5.56 Å². The average Bonchev–Trinajstić information content (AvgIpc) is 1.96. The summed E-state index contributed by atoms with van der Waals surface area (Å²) < 4.78 is 5.20. The molecule has 0 atom stereocenters. The van der Waals surface area contributed by atoms with Crippen molar-refractivity contribution in [2.75, 3.05) is 0 Å². The summed E-state index contributed by atoms with van der Waals surface area (Å²) in [5.74, 6) is 0.755. The maximum atomic E-state index is 5.27. The molecule has 0 fully saturated rings. The normalized spacial score (nSPS) is 9.77. The molecule has 0 aliphatic carbocycles. The Morgan fingerprint density at radius 2 is 1.69 bits per heavy atom. The van der Waals surface area contributed by atoms with Crippen LogP contribution in [0.15, 0.2) is 12.1 Å². The van der Waals surface area contributed by atoms with Crippen LogP contribution in [0.1, 0.15) is 16.7 Å². The van der Waals surface area contributed by atoms with Crippen LogP contribution in [0.5, 0.6) is 5.75 Å². The second-order valence-electron chi connectivity index (χ2n) is 3.23. The number of benzene rings is 1. The summed E-state index contributed by atoms with van der Waals surface area (Å²) in [6.07, 6.45) is 0. The lowest BCUT2D eigenvalue weighted by Gasteiger charge is -2.08. The van der Waals surface area contributed by atoms with Crippen molar-refractivity contribution in [1.82, 2.24) is 0 Å². The van der Waals surface area contributed by atoms with Gasteiger partial charge in [0.25, 0.3) is 0 Å². The van der Waals surface area contributed by atoms with Crippen molar-refractivity contribution >= 4 is 6.02 Å². The van der Waals surface area contributed by atoms with Crippen LogP contribution in [0.3, 0.4) is 0 Å². The molecule has 0 unspecified atom stereocenters. The second-order valence-corrected chi connectivity index (χ2v) is 3.23. The summed E-state index contributed by atoms with van der Waals surface area (Å²) in [5.41, 5.74) is 8.57. The molecule has 0 radical (unpaired) electrons. The Balaban J connectivity index is 3.13. The van der Waals surface area contributed by atoms with E-state index in [9.17, 15) is 0 Å². The van der Waals surface area contributed by atoms with Crippen LogP contribution in [0.4, 0.5) is 0 Å². The predicted molar refractivity (Wildman–Crippen MR) is 52.4 cm³/mol. The molecule has 13 heavy (non-hydrogen) atoms. The molecule has 0 aliphatic heterocycles. The van der Waals surface area contributed by atoms with E-state index in [2.05, 4.69) is 0 Å². The zero-order valence-electron chi connectivity index (χ0n) is 8.22. The Labute approximate surface area is 78.0 Å². The zero-order valence-corrected chi connectivity index (χ0v) is 8.22. The van der Waals surface area contributed by atoms with E-state index in [0.717, 1.165) is 16.9 Å². The van der Waals surface area contributed by atoms with Gasteiger partial charge in [0.05, 0.1) is 0 Å². The van der Waals surface area contributed by atoms with Crippen molar-refractivity contribution in [2.45, 2.75) is 20.8 Å². The van der Waals surface area contributed by atoms with Gasteiger partial charge in [0.2, 0.25) is 0 Å². The molecule has 0 amide bonds. The number of hydrogen-bond donors (Lipinski definition) is 2. The fourth-order valence-corrected chi connectivity index (χ4v) is 1.45. The minimum atomic E-state index is -0.0185. The molecule has 0 saturated heterocycles. The fraction of sp³-hybridized carbons (Fsp3) is 0.300. The molecule has 70 valence electrons. The molecule has 0 bridgehead atoms. The monoisotopic (exact) mass is 179 g/mol. The van der Waals surface area contributed by atoms with Crippen LogP contribution in [-0.4, -0.2) is 6.02 Å².